The second kappa shape index (κ2) is 4.92. The van der Waals surface area contributed by atoms with Crippen LogP contribution in [0.5, 0.6) is 0 Å². The summed E-state index contributed by atoms with van der Waals surface area (Å²) < 4.78 is 1.86. The number of nitrogens with zero attached hydrogens (tertiary/aromatic N) is 4. The lowest BCUT2D eigenvalue weighted by molar-refractivity contribution is 0.247. The number of hydrogen-bond donors (Lipinski definition) is 0. The fourth-order valence-electron chi connectivity index (χ4n) is 2.43. The third kappa shape index (κ3) is 2.68. The third-order valence-electron chi connectivity index (χ3n) is 3.20. The van der Waals surface area contributed by atoms with Gasteiger partial charge in [-0.05, 0) is 35.1 Å². The van der Waals surface area contributed by atoms with Crippen molar-refractivity contribution in [3.8, 4) is 0 Å². The van der Waals surface area contributed by atoms with Gasteiger partial charge in [-0.25, -0.2) is 4.68 Å². The van der Waals surface area contributed by atoms with E-state index in [-0.39, 0.29) is 0 Å². The van der Waals surface area contributed by atoms with E-state index in [0.29, 0.717) is 5.88 Å². The Hall–Kier alpha value is -0.640. The molecule has 0 amide bonds. The predicted molar refractivity (Wildman–Crippen MR) is 58.5 cm³/mol. The molecule has 0 bridgehead atoms. The van der Waals surface area contributed by atoms with E-state index in [1.807, 2.05) is 4.68 Å². The molecule has 84 valence electrons. The minimum atomic E-state index is 0.398. The normalized spacial score (nSPS) is 26.8. The molecule has 0 aliphatic heterocycles. The van der Waals surface area contributed by atoms with Gasteiger partial charge in [0.2, 0.25) is 0 Å². The molecule has 0 N–H and O–H groups in total. The summed E-state index contributed by atoms with van der Waals surface area (Å²) in [6.45, 7) is 3.26. The molecule has 1 aliphatic carbocycles. The van der Waals surface area contributed by atoms with Crippen molar-refractivity contribution in [3.63, 3.8) is 0 Å². The topological polar surface area (TPSA) is 43.6 Å². The minimum absolute atomic E-state index is 0.398. The van der Waals surface area contributed by atoms with Gasteiger partial charge in [-0.1, -0.05) is 19.8 Å². The van der Waals surface area contributed by atoms with Crippen LogP contribution in [-0.4, -0.2) is 20.2 Å². The van der Waals surface area contributed by atoms with Gasteiger partial charge in [-0.3, -0.25) is 0 Å². The molecule has 2 atom stereocenters. The van der Waals surface area contributed by atoms with Crippen molar-refractivity contribution < 1.29 is 0 Å². The van der Waals surface area contributed by atoms with E-state index in [0.717, 1.165) is 24.2 Å². The average Bonchev–Trinajstić information content (AvgIpc) is 2.65. The fraction of sp³-hybridized carbons (Fsp3) is 0.900. The maximum absolute atomic E-state index is 5.76. The first kappa shape index (κ1) is 10.9. The summed E-state index contributed by atoms with van der Waals surface area (Å²) in [6.07, 6.45) is 5.30. The molecule has 1 heterocycles. The van der Waals surface area contributed by atoms with E-state index in [9.17, 15) is 0 Å². The Morgan fingerprint density at radius 1 is 1.47 bits per heavy atom. The molecular formula is C10H17ClN4. The van der Waals surface area contributed by atoms with Gasteiger partial charge < -0.3 is 0 Å². The van der Waals surface area contributed by atoms with E-state index in [4.69, 9.17) is 11.6 Å². The molecule has 0 saturated heterocycles. The molecule has 1 fully saturated rings. The van der Waals surface area contributed by atoms with Crippen molar-refractivity contribution in [2.45, 2.75) is 45.0 Å². The first-order valence-electron chi connectivity index (χ1n) is 5.60. The second-order valence-corrected chi connectivity index (χ2v) is 4.82. The van der Waals surface area contributed by atoms with Crippen molar-refractivity contribution in [1.82, 2.24) is 20.2 Å². The fourth-order valence-corrected chi connectivity index (χ4v) is 2.62. The summed E-state index contributed by atoms with van der Waals surface area (Å²) in [4.78, 5) is 0. The van der Waals surface area contributed by atoms with Crippen LogP contribution in [0, 0.1) is 11.8 Å². The zero-order chi connectivity index (χ0) is 10.7. The number of tetrazole rings is 1. The van der Waals surface area contributed by atoms with Crippen LogP contribution >= 0.6 is 11.6 Å². The Morgan fingerprint density at radius 3 is 3.07 bits per heavy atom. The number of hydrogen-bond acceptors (Lipinski definition) is 3. The molecule has 1 aromatic heterocycles. The molecule has 0 spiro atoms. The molecule has 2 rings (SSSR count). The van der Waals surface area contributed by atoms with Crippen LogP contribution in [0.15, 0.2) is 0 Å². The first-order chi connectivity index (χ1) is 7.29. The first-order valence-corrected chi connectivity index (χ1v) is 6.14. The van der Waals surface area contributed by atoms with Crippen molar-refractivity contribution in [2.75, 3.05) is 0 Å². The smallest absolute Gasteiger partial charge is 0.166 e. The lowest BCUT2D eigenvalue weighted by atomic mass is 9.82. The molecule has 0 aromatic carbocycles. The number of rotatable bonds is 3. The van der Waals surface area contributed by atoms with Crippen LogP contribution in [0.4, 0.5) is 0 Å². The number of aromatic nitrogens is 4. The van der Waals surface area contributed by atoms with Crippen LogP contribution in [-0.2, 0) is 12.4 Å². The second-order valence-electron chi connectivity index (χ2n) is 4.55. The molecule has 15 heavy (non-hydrogen) atoms. The molecule has 5 heteroatoms. The number of alkyl halides is 1. The highest BCUT2D eigenvalue weighted by molar-refractivity contribution is 6.16. The van der Waals surface area contributed by atoms with Crippen LogP contribution < -0.4 is 0 Å². The molecule has 1 saturated carbocycles. The zero-order valence-corrected chi connectivity index (χ0v) is 9.82. The lowest BCUT2D eigenvalue weighted by Crippen LogP contribution is -2.20. The largest absolute Gasteiger partial charge is 0.228 e. The maximum Gasteiger partial charge on any atom is 0.166 e. The summed E-state index contributed by atoms with van der Waals surface area (Å²) in [5.74, 6) is 2.75. The van der Waals surface area contributed by atoms with Crippen LogP contribution in [0.3, 0.4) is 0 Å². The molecular weight excluding hydrogens is 212 g/mol. The van der Waals surface area contributed by atoms with Crippen LogP contribution in [0.1, 0.15) is 38.4 Å². The van der Waals surface area contributed by atoms with E-state index >= 15 is 0 Å². The zero-order valence-electron chi connectivity index (χ0n) is 9.06. The van der Waals surface area contributed by atoms with E-state index in [1.54, 1.807) is 0 Å². The third-order valence-corrected chi connectivity index (χ3v) is 3.44. The highest BCUT2D eigenvalue weighted by Gasteiger charge is 2.20. The Labute approximate surface area is 95.0 Å². The molecule has 1 aromatic rings. The van der Waals surface area contributed by atoms with E-state index in [2.05, 4.69) is 22.4 Å². The van der Waals surface area contributed by atoms with Gasteiger partial charge in [0, 0.05) is 6.54 Å². The maximum atomic E-state index is 5.76. The van der Waals surface area contributed by atoms with Gasteiger partial charge in [-0.2, -0.15) is 0 Å². The monoisotopic (exact) mass is 228 g/mol. The molecule has 1 aliphatic rings. The summed E-state index contributed by atoms with van der Waals surface area (Å²) in [7, 11) is 0. The highest BCUT2D eigenvalue weighted by atomic mass is 35.5. The summed E-state index contributed by atoms with van der Waals surface area (Å²) in [5, 5.41) is 11.5. The Morgan fingerprint density at radius 2 is 2.33 bits per heavy atom. The standard InChI is InChI=1S/C10H17ClN4/c1-8-3-2-4-9(5-8)7-15-10(6-11)12-13-14-15/h8-9H,2-7H2,1H3. The molecule has 0 radical (unpaired) electrons. The van der Waals surface area contributed by atoms with Crippen molar-refractivity contribution >= 4 is 11.6 Å². The summed E-state index contributed by atoms with van der Waals surface area (Å²) in [6, 6.07) is 0. The highest BCUT2D eigenvalue weighted by Crippen LogP contribution is 2.29. The van der Waals surface area contributed by atoms with Crippen molar-refractivity contribution in [2.24, 2.45) is 11.8 Å². The van der Waals surface area contributed by atoms with E-state index in [1.165, 1.54) is 25.7 Å². The Kier molecular flexibility index (Phi) is 3.57. The number of halogens is 1. The van der Waals surface area contributed by atoms with Gasteiger partial charge in [0.25, 0.3) is 0 Å². The molecule has 4 nitrogen and oxygen atoms in total. The summed E-state index contributed by atoms with van der Waals surface area (Å²) >= 11 is 5.76. The quantitative estimate of drug-likeness (QED) is 0.746. The van der Waals surface area contributed by atoms with Gasteiger partial charge in [-0.15, -0.1) is 16.7 Å². The average molecular weight is 229 g/mol. The predicted octanol–water partition coefficient (Wildman–Crippen LogP) is 2.24. The Bertz CT molecular complexity index is 312. The van der Waals surface area contributed by atoms with Gasteiger partial charge in [0.15, 0.2) is 5.82 Å². The van der Waals surface area contributed by atoms with Gasteiger partial charge >= 0.3 is 0 Å². The Balaban J connectivity index is 1.96. The minimum Gasteiger partial charge on any atom is -0.228 e. The van der Waals surface area contributed by atoms with Crippen molar-refractivity contribution in [1.29, 1.82) is 0 Å². The molecule has 2 unspecified atom stereocenters. The SMILES string of the molecule is CC1CCCC(Cn2nnnc2CCl)C1. The lowest BCUT2D eigenvalue weighted by Gasteiger charge is -2.26. The van der Waals surface area contributed by atoms with Crippen molar-refractivity contribution in [3.05, 3.63) is 5.82 Å². The van der Waals surface area contributed by atoms with Crippen LogP contribution in [0.25, 0.3) is 0 Å². The van der Waals surface area contributed by atoms with E-state index < -0.39 is 0 Å². The van der Waals surface area contributed by atoms with Gasteiger partial charge in [0.1, 0.15) is 0 Å². The summed E-state index contributed by atoms with van der Waals surface area (Å²) in [5.41, 5.74) is 0. The van der Waals surface area contributed by atoms with Crippen LogP contribution in [0.2, 0.25) is 0 Å². The van der Waals surface area contributed by atoms with Gasteiger partial charge in [0.05, 0.1) is 5.88 Å².